The lowest BCUT2D eigenvalue weighted by atomic mass is 10.0. The standard InChI is InChI=1S/C13H6Cl5NO/c14-6-3-1-2-5(12(6)19)13(20)9-7(15)4-8(16)10(17)11(9)18/h1-4H,19H2. The van der Waals surface area contributed by atoms with Crippen molar-refractivity contribution in [2.24, 2.45) is 0 Å². The van der Waals surface area contributed by atoms with Crippen LogP contribution in [0, 0.1) is 0 Å². The molecule has 0 saturated carbocycles. The molecule has 0 bridgehead atoms. The number of halogens is 5. The fourth-order valence-corrected chi connectivity index (χ4v) is 2.90. The molecule has 104 valence electrons. The number of carbonyl (C=O) groups excluding carboxylic acids is 1. The quantitative estimate of drug-likeness (QED) is 0.316. The molecule has 0 saturated heterocycles. The summed E-state index contributed by atoms with van der Waals surface area (Å²) in [4.78, 5) is 12.5. The van der Waals surface area contributed by atoms with E-state index in [1.54, 1.807) is 12.1 Å². The van der Waals surface area contributed by atoms with Crippen LogP contribution in [-0.4, -0.2) is 5.78 Å². The number of rotatable bonds is 2. The lowest BCUT2D eigenvalue weighted by Crippen LogP contribution is -2.07. The van der Waals surface area contributed by atoms with Crippen LogP contribution in [0.5, 0.6) is 0 Å². The molecule has 0 aliphatic carbocycles. The molecule has 0 aliphatic heterocycles. The molecule has 2 nitrogen and oxygen atoms in total. The Balaban J connectivity index is 2.66. The average Bonchev–Trinajstić information content (AvgIpc) is 2.39. The number of hydrogen-bond acceptors (Lipinski definition) is 2. The normalized spacial score (nSPS) is 10.7. The number of benzene rings is 2. The van der Waals surface area contributed by atoms with E-state index in [0.717, 1.165) is 0 Å². The fraction of sp³-hybridized carbons (Fsp3) is 0. The molecule has 20 heavy (non-hydrogen) atoms. The van der Waals surface area contributed by atoms with Gasteiger partial charge < -0.3 is 5.73 Å². The average molecular weight is 369 g/mol. The summed E-state index contributed by atoms with van der Waals surface area (Å²) < 4.78 is 0. The number of hydrogen-bond donors (Lipinski definition) is 1. The maximum Gasteiger partial charge on any atom is 0.198 e. The molecule has 0 spiro atoms. The Hall–Kier alpha value is -0.640. The number of ketones is 1. The molecule has 0 aromatic heterocycles. The van der Waals surface area contributed by atoms with Gasteiger partial charge >= 0.3 is 0 Å². The summed E-state index contributed by atoms with van der Waals surface area (Å²) >= 11 is 29.7. The van der Waals surface area contributed by atoms with E-state index in [9.17, 15) is 4.79 Å². The van der Waals surface area contributed by atoms with Gasteiger partial charge in [0.05, 0.1) is 36.4 Å². The number of para-hydroxylation sites is 1. The van der Waals surface area contributed by atoms with Gasteiger partial charge in [-0.3, -0.25) is 4.79 Å². The van der Waals surface area contributed by atoms with E-state index in [1.807, 2.05) is 0 Å². The molecule has 0 amide bonds. The topological polar surface area (TPSA) is 43.1 Å². The first-order valence-corrected chi connectivity index (χ1v) is 7.15. The Morgan fingerprint density at radius 1 is 0.900 bits per heavy atom. The lowest BCUT2D eigenvalue weighted by molar-refractivity contribution is 0.104. The van der Waals surface area contributed by atoms with Crippen LogP contribution in [0.15, 0.2) is 24.3 Å². The van der Waals surface area contributed by atoms with Crippen LogP contribution in [-0.2, 0) is 0 Å². The highest BCUT2D eigenvalue weighted by Crippen LogP contribution is 2.39. The van der Waals surface area contributed by atoms with Gasteiger partial charge in [-0.25, -0.2) is 0 Å². The molecule has 2 aromatic carbocycles. The Morgan fingerprint density at radius 3 is 2.20 bits per heavy atom. The SMILES string of the molecule is Nc1c(Cl)cccc1C(=O)c1c(Cl)cc(Cl)c(Cl)c1Cl. The van der Waals surface area contributed by atoms with Crippen molar-refractivity contribution in [3.63, 3.8) is 0 Å². The molecule has 0 aliphatic rings. The third kappa shape index (κ3) is 2.72. The van der Waals surface area contributed by atoms with Crippen LogP contribution in [0.1, 0.15) is 15.9 Å². The molecular weight excluding hydrogens is 363 g/mol. The van der Waals surface area contributed by atoms with Gasteiger partial charge in [0.15, 0.2) is 5.78 Å². The molecule has 0 atom stereocenters. The second-order valence-corrected chi connectivity index (χ2v) is 5.85. The molecule has 0 fully saturated rings. The van der Waals surface area contributed by atoms with Gasteiger partial charge in [-0.2, -0.15) is 0 Å². The van der Waals surface area contributed by atoms with Crippen molar-refractivity contribution in [1.82, 2.24) is 0 Å². The zero-order chi connectivity index (χ0) is 15.0. The van der Waals surface area contributed by atoms with Crippen molar-refractivity contribution in [2.75, 3.05) is 5.73 Å². The third-order valence-corrected chi connectivity index (χ3v) is 4.53. The van der Waals surface area contributed by atoms with Crippen LogP contribution in [0.2, 0.25) is 25.1 Å². The Morgan fingerprint density at radius 2 is 1.55 bits per heavy atom. The van der Waals surface area contributed by atoms with Crippen LogP contribution in [0.3, 0.4) is 0 Å². The van der Waals surface area contributed by atoms with E-state index in [2.05, 4.69) is 0 Å². The largest absolute Gasteiger partial charge is 0.397 e. The molecule has 2 N–H and O–H groups in total. The predicted octanol–water partition coefficient (Wildman–Crippen LogP) is 5.77. The summed E-state index contributed by atoms with van der Waals surface area (Å²) in [5.74, 6) is -0.474. The number of nitrogen functional groups attached to an aromatic ring is 1. The van der Waals surface area contributed by atoms with E-state index >= 15 is 0 Å². The minimum atomic E-state index is -0.474. The van der Waals surface area contributed by atoms with Gasteiger partial charge in [0, 0.05) is 5.56 Å². The van der Waals surface area contributed by atoms with Crippen LogP contribution < -0.4 is 5.73 Å². The van der Waals surface area contributed by atoms with E-state index in [4.69, 9.17) is 63.7 Å². The molecule has 0 radical (unpaired) electrons. The summed E-state index contributed by atoms with van der Waals surface area (Å²) in [6, 6.07) is 6.06. The third-order valence-electron chi connectivity index (χ3n) is 2.64. The number of carbonyl (C=O) groups is 1. The smallest absolute Gasteiger partial charge is 0.198 e. The molecule has 0 heterocycles. The predicted molar refractivity (Wildman–Crippen MR) is 85.8 cm³/mol. The highest BCUT2D eigenvalue weighted by atomic mass is 35.5. The second-order valence-electron chi connectivity index (χ2n) is 3.87. The van der Waals surface area contributed by atoms with Crippen LogP contribution in [0.25, 0.3) is 0 Å². The highest BCUT2D eigenvalue weighted by Gasteiger charge is 2.23. The van der Waals surface area contributed by atoms with E-state index in [-0.39, 0.29) is 41.9 Å². The van der Waals surface area contributed by atoms with Crippen molar-refractivity contribution in [3.8, 4) is 0 Å². The van der Waals surface area contributed by atoms with Crippen LogP contribution >= 0.6 is 58.0 Å². The van der Waals surface area contributed by atoms with E-state index in [1.165, 1.54) is 12.1 Å². The lowest BCUT2D eigenvalue weighted by Gasteiger charge is -2.11. The summed E-state index contributed by atoms with van der Waals surface area (Å²) in [5.41, 5.74) is 6.17. The van der Waals surface area contributed by atoms with Crippen LogP contribution in [0.4, 0.5) is 5.69 Å². The van der Waals surface area contributed by atoms with E-state index < -0.39 is 5.78 Å². The zero-order valence-corrected chi connectivity index (χ0v) is 13.5. The van der Waals surface area contributed by atoms with Gasteiger partial charge in [0.25, 0.3) is 0 Å². The van der Waals surface area contributed by atoms with Gasteiger partial charge in [0.1, 0.15) is 0 Å². The van der Waals surface area contributed by atoms with Crippen molar-refractivity contribution < 1.29 is 4.79 Å². The number of anilines is 1. The van der Waals surface area contributed by atoms with Gasteiger partial charge in [-0.05, 0) is 18.2 Å². The molecule has 7 heteroatoms. The number of nitrogens with two attached hydrogens (primary N) is 1. The molecular formula is C13H6Cl5NO. The van der Waals surface area contributed by atoms with Crippen molar-refractivity contribution in [2.45, 2.75) is 0 Å². The summed E-state index contributed by atoms with van der Waals surface area (Å²) in [7, 11) is 0. The first-order valence-electron chi connectivity index (χ1n) is 5.26. The molecule has 0 unspecified atom stereocenters. The minimum absolute atomic E-state index is 0.0199. The summed E-state index contributed by atoms with van der Waals surface area (Å²) in [6.45, 7) is 0. The first kappa shape index (κ1) is 15.7. The Bertz CT molecular complexity index is 714. The zero-order valence-electron chi connectivity index (χ0n) is 9.68. The second kappa shape index (κ2) is 6.00. The van der Waals surface area contributed by atoms with Gasteiger partial charge in [-0.1, -0.05) is 64.1 Å². The van der Waals surface area contributed by atoms with E-state index in [0.29, 0.717) is 0 Å². The van der Waals surface area contributed by atoms with Crippen molar-refractivity contribution in [3.05, 3.63) is 60.5 Å². The van der Waals surface area contributed by atoms with Crippen molar-refractivity contribution in [1.29, 1.82) is 0 Å². The maximum atomic E-state index is 12.5. The Labute approximate surface area is 140 Å². The first-order chi connectivity index (χ1) is 9.34. The highest BCUT2D eigenvalue weighted by molar-refractivity contribution is 6.51. The van der Waals surface area contributed by atoms with Gasteiger partial charge in [0.2, 0.25) is 0 Å². The fourth-order valence-electron chi connectivity index (χ4n) is 1.64. The summed E-state index contributed by atoms with van der Waals surface area (Å²) in [6.07, 6.45) is 0. The summed E-state index contributed by atoms with van der Waals surface area (Å²) in [5, 5.41) is 0.560. The van der Waals surface area contributed by atoms with Gasteiger partial charge in [-0.15, -0.1) is 0 Å². The monoisotopic (exact) mass is 367 g/mol. The Kier molecular flexibility index (Phi) is 4.73. The van der Waals surface area contributed by atoms with Crippen molar-refractivity contribution >= 4 is 69.5 Å². The molecule has 2 rings (SSSR count). The molecule has 2 aromatic rings. The minimum Gasteiger partial charge on any atom is -0.397 e. The maximum absolute atomic E-state index is 12.5.